The minimum absolute atomic E-state index is 0.0723. The van der Waals surface area contributed by atoms with E-state index in [0.717, 1.165) is 19.3 Å². The minimum Gasteiger partial charge on any atom is -0.469 e. The molecular formula is C19H24FN3O3. The highest BCUT2D eigenvalue weighted by Gasteiger charge is 2.20. The van der Waals surface area contributed by atoms with Crippen LogP contribution in [0.1, 0.15) is 44.4 Å². The minimum atomic E-state index is -0.461. The summed E-state index contributed by atoms with van der Waals surface area (Å²) in [5, 5.41) is 2.93. The van der Waals surface area contributed by atoms with Crippen molar-refractivity contribution >= 4 is 11.7 Å². The zero-order chi connectivity index (χ0) is 19.1. The number of halogens is 1. The Morgan fingerprint density at radius 3 is 2.58 bits per heavy atom. The molecule has 7 heteroatoms. The lowest BCUT2D eigenvalue weighted by molar-refractivity contribution is -0.139. The second-order valence-electron chi connectivity index (χ2n) is 6.01. The van der Waals surface area contributed by atoms with E-state index in [1.807, 2.05) is 0 Å². The highest BCUT2D eigenvalue weighted by molar-refractivity contribution is 6.00. The number of benzene rings is 1. The number of ether oxygens (including phenoxy) is 1. The Morgan fingerprint density at radius 2 is 1.96 bits per heavy atom. The van der Waals surface area contributed by atoms with Crippen LogP contribution in [0.2, 0.25) is 0 Å². The van der Waals surface area contributed by atoms with E-state index < -0.39 is 11.8 Å². The van der Waals surface area contributed by atoms with Crippen LogP contribution in [0, 0.1) is 5.82 Å². The zero-order valence-corrected chi connectivity index (χ0v) is 15.3. The number of carbonyl (C=O) groups is 1. The Hall–Kier alpha value is -2.70. The van der Waals surface area contributed by atoms with Gasteiger partial charge in [-0.3, -0.25) is 19.7 Å². The topological polar surface area (TPSA) is 76.4 Å². The number of nitrogens with zero attached hydrogens (tertiary/aromatic N) is 2. The molecule has 1 heterocycles. The summed E-state index contributed by atoms with van der Waals surface area (Å²) in [6.45, 7) is 4.49. The molecule has 0 aliphatic rings. The lowest BCUT2D eigenvalue weighted by atomic mass is 10.1. The summed E-state index contributed by atoms with van der Waals surface area (Å²) in [5.74, 6) is -0.852. The van der Waals surface area contributed by atoms with E-state index in [1.54, 1.807) is 6.92 Å². The Kier molecular flexibility index (Phi) is 6.89. The quantitative estimate of drug-likeness (QED) is 0.446. The fraction of sp³-hybridized carbons (Fsp3) is 0.421. The zero-order valence-electron chi connectivity index (χ0n) is 15.3. The van der Waals surface area contributed by atoms with E-state index in [0.29, 0.717) is 29.2 Å². The van der Waals surface area contributed by atoms with Crippen LogP contribution in [0.25, 0.3) is 5.69 Å². The third kappa shape index (κ3) is 4.68. The predicted octanol–water partition coefficient (Wildman–Crippen LogP) is 3.02. The summed E-state index contributed by atoms with van der Waals surface area (Å²) in [5.41, 5.74) is 1.51. The van der Waals surface area contributed by atoms with Crippen LogP contribution in [-0.4, -0.2) is 35.1 Å². The highest BCUT2D eigenvalue weighted by Crippen LogP contribution is 2.11. The third-order valence-corrected chi connectivity index (χ3v) is 4.07. The number of H-pyrrole nitrogens is 1. The largest absolute Gasteiger partial charge is 0.469 e. The number of nitrogens with one attached hydrogen (secondary N) is 1. The van der Waals surface area contributed by atoms with E-state index in [1.165, 1.54) is 36.1 Å². The molecule has 0 spiro atoms. The van der Waals surface area contributed by atoms with Crippen molar-refractivity contribution in [2.45, 2.75) is 39.5 Å². The van der Waals surface area contributed by atoms with E-state index in [9.17, 15) is 14.0 Å². The van der Waals surface area contributed by atoms with Crippen molar-refractivity contribution < 1.29 is 13.9 Å². The molecule has 0 fully saturated rings. The smallest absolute Gasteiger partial charge is 0.311 e. The van der Waals surface area contributed by atoms with Gasteiger partial charge in [0.05, 0.1) is 30.5 Å². The molecule has 140 valence electrons. The summed E-state index contributed by atoms with van der Waals surface area (Å²) in [6, 6.07) is 5.53. The average molecular weight is 361 g/mol. The summed E-state index contributed by atoms with van der Waals surface area (Å²) < 4.78 is 19.2. The fourth-order valence-corrected chi connectivity index (χ4v) is 2.66. The number of esters is 1. The lowest BCUT2D eigenvalue weighted by Crippen LogP contribution is -2.20. The first-order chi connectivity index (χ1) is 12.5. The number of carbonyl (C=O) groups excluding carboxylic acids is 1. The Bertz CT molecular complexity index is 835. The molecular weight excluding hydrogens is 337 g/mol. The van der Waals surface area contributed by atoms with Crippen molar-refractivity contribution in [1.82, 2.24) is 9.78 Å². The summed E-state index contributed by atoms with van der Waals surface area (Å²) in [6.07, 6.45) is 3.02. The standard InChI is InChI=1S/C19H24FN3O3/c1-4-5-6-11-21-13(2)18-16(12-17(24)26-3)22-23(19(18)25)15-9-7-14(20)8-10-15/h7-10,22H,4-6,11-12H2,1-3H3. The number of hydrogen-bond acceptors (Lipinski definition) is 4. The fourth-order valence-electron chi connectivity index (χ4n) is 2.66. The molecule has 2 aromatic rings. The van der Waals surface area contributed by atoms with Crippen molar-refractivity contribution in [3.8, 4) is 5.69 Å². The molecule has 6 nitrogen and oxygen atoms in total. The van der Waals surface area contributed by atoms with Gasteiger partial charge in [-0.15, -0.1) is 0 Å². The van der Waals surface area contributed by atoms with E-state index in [4.69, 9.17) is 4.74 Å². The predicted molar refractivity (Wildman–Crippen MR) is 98.7 cm³/mol. The maximum absolute atomic E-state index is 13.2. The van der Waals surface area contributed by atoms with Gasteiger partial charge in [0.1, 0.15) is 5.82 Å². The maximum Gasteiger partial charge on any atom is 0.311 e. The molecule has 0 aliphatic carbocycles. The van der Waals surface area contributed by atoms with Gasteiger partial charge in [0.2, 0.25) is 0 Å². The molecule has 1 aromatic heterocycles. The number of aromatic nitrogens is 2. The Morgan fingerprint density at radius 1 is 1.27 bits per heavy atom. The first kappa shape index (κ1) is 19.6. The molecule has 0 amide bonds. The van der Waals surface area contributed by atoms with Crippen molar-refractivity contribution in [3.63, 3.8) is 0 Å². The monoisotopic (exact) mass is 361 g/mol. The average Bonchev–Trinajstić information content (AvgIpc) is 2.95. The molecule has 0 bridgehead atoms. The van der Waals surface area contributed by atoms with Crippen molar-refractivity contribution in [3.05, 3.63) is 51.7 Å². The number of unbranched alkanes of at least 4 members (excludes halogenated alkanes) is 2. The normalized spacial score (nSPS) is 11.6. The molecule has 2 rings (SSSR count). The van der Waals surface area contributed by atoms with Gasteiger partial charge in [-0.25, -0.2) is 9.07 Å². The molecule has 0 unspecified atom stereocenters. The van der Waals surface area contributed by atoms with E-state index in [-0.39, 0.29) is 12.0 Å². The van der Waals surface area contributed by atoms with Gasteiger partial charge in [0.15, 0.2) is 0 Å². The molecule has 0 saturated carbocycles. The molecule has 0 radical (unpaired) electrons. The molecule has 0 aliphatic heterocycles. The summed E-state index contributed by atoms with van der Waals surface area (Å²) in [7, 11) is 1.29. The van der Waals surface area contributed by atoms with Crippen molar-refractivity contribution in [1.29, 1.82) is 0 Å². The van der Waals surface area contributed by atoms with Crippen LogP contribution >= 0.6 is 0 Å². The number of methoxy groups -OCH3 is 1. The third-order valence-electron chi connectivity index (χ3n) is 4.07. The lowest BCUT2D eigenvalue weighted by Gasteiger charge is -2.02. The number of aliphatic imine (C=N–C) groups is 1. The molecule has 1 N–H and O–H groups in total. The molecule has 0 atom stereocenters. The molecule has 1 aromatic carbocycles. The van der Waals surface area contributed by atoms with Crippen LogP contribution in [0.4, 0.5) is 4.39 Å². The summed E-state index contributed by atoms with van der Waals surface area (Å²) >= 11 is 0. The maximum atomic E-state index is 13.2. The van der Waals surface area contributed by atoms with Crippen LogP contribution in [0.5, 0.6) is 0 Å². The van der Waals surface area contributed by atoms with Gasteiger partial charge in [0.25, 0.3) is 5.56 Å². The van der Waals surface area contributed by atoms with Gasteiger partial charge >= 0.3 is 5.97 Å². The van der Waals surface area contributed by atoms with Crippen LogP contribution < -0.4 is 5.56 Å². The van der Waals surface area contributed by atoms with Gasteiger partial charge in [-0.1, -0.05) is 19.8 Å². The molecule has 0 saturated heterocycles. The highest BCUT2D eigenvalue weighted by atomic mass is 19.1. The van der Waals surface area contributed by atoms with E-state index in [2.05, 4.69) is 17.0 Å². The number of aromatic amines is 1. The first-order valence-corrected chi connectivity index (χ1v) is 8.66. The van der Waals surface area contributed by atoms with Crippen LogP contribution in [-0.2, 0) is 16.0 Å². The first-order valence-electron chi connectivity index (χ1n) is 8.66. The van der Waals surface area contributed by atoms with Crippen LogP contribution in [0.3, 0.4) is 0 Å². The summed E-state index contributed by atoms with van der Waals surface area (Å²) in [4.78, 5) is 29.1. The second-order valence-corrected chi connectivity index (χ2v) is 6.01. The van der Waals surface area contributed by atoms with Gasteiger partial charge < -0.3 is 4.74 Å². The Balaban J connectivity index is 2.45. The molecule has 26 heavy (non-hydrogen) atoms. The van der Waals surface area contributed by atoms with Crippen molar-refractivity contribution in [2.24, 2.45) is 4.99 Å². The SMILES string of the molecule is CCCCCN=C(C)c1c(CC(=O)OC)[nH]n(-c2ccc(F)cc2)c1=O. The Labute approximate surface area is 151 Å². The van der Waals surface area contributed by atoms with Gasteiger partial charge in [-0.2, -0.15) is 0 Å². The van der Waals surface area contributed by atoms with Gasteiger partial charge in [0, 0.05) is 12.3 Å². The van der Waals surface area contributed by atoms with Gasteiger partial charge in [-0.05, 0) is 37.6 Å². The van der Waals surface area contributed by atoms with Crippen LogP contribution in [0.15, 0.2) is 34.1 Å². The second kappa shape index (κ2) is 9.12. The van der Waals surface area contributed by atoms with E-state index >= 15 is 0 Å². The van der Waals surface area contributed by atoms with Crippen molar-refractivity contribution in [2.75, 3.05) is 13.7 Å². The number of rotatable bonds is 8. The number of hydrogen-bond donors (Lipinski definition) is 1.